The minimum atomic E-state index is -0.261. The van der Waals surface area contributed by atoms with Crippen LogP contribution in [-0.4, -0.2) is 48.6 Å². The van der Waals surface area contributed by atoms with Crippen molar-refractivity contribution in [1.82, 2.24) is 5.48 Å². The van der Waals surface area contributed by atoms with Crippen LogP contribution in [0, 0.1) is 0 Å². The molecule has 0 saturated carbocycles. The van der Waals surface area contributed by atoms with Crippen molar-refractivity contribution in [2.24, 2.45) is 5.73 Å². The fourth-order valence-electron chi connectivity index (χ4n) is 0.263. The third-order valence-electron chi connectivity index (χ3n) is 0.721. The number of nitrogens with one attached hydrogen (secondary N) is 1. The Hall–Kier alpha value is 0.390. The standard InChI is InChI=1S/C5H12N2O2.Na/c1-2-5(8)9-7-4-3-6;/h7H,2-4,6H2,1H3;. The molecule has 0 aromatic heterocycles. The monoisotopic (exact) mass is 155 g/mol. The zero-order chi connectivity index (χ0) is 7.11. The minimum Gasteiger partial charge on any atom is -0.371 e. The molecule has 10 heavy (non-hydrogen) atoms. The third-order valence-corrected chi connectivity index (χ3v) is 0.721. The topological polar surface area (TPSA) is 64.3 Å². The average Bonchev–Trinajstić information content (AvgIpc) is 1.89. The Morgan fingerprint density at radius 3 is 2.70 bits per heavy atom. The Morgan fingerprint density at radius 1 is 1.70 bits per heavy atom. The first-order valence-corrected chi connectivity index (χ1v) is 2.93. The van der Waals surface area contributed by atoms with Gasteiger partial charge in [0.15, 0.2) is 0 Å². The van der Waals surface area contributed by atoms with E-state index in [9.17, 15) is 4.79 Å². The van der Waals surface area contributed by atoms with E-state index in [4.69, 9.17) is 5.73 Å². The van der Waals surface area contributed by atoms with Gasteiger partial charge >= 0.3 is 5.97 Å². The van der Waals surface area contributed by atoms with Gasteiger partial charge in [0.25, 0.3) is 0 Å². The van der Waals surface area contributed by atoms with E-state index in [-0.39, 0.29) is 35.5 Å². The predicted octanol–water partition coefficient (Wildman–Crippen LogP) is -0.978. The van der Waals surface area contributed by atoms with Crippen LogP contribution in [0.4, 0.5) is 0 Å². The number of rotatable bonds is 4. The zero-order valence-corrected chi connectivity index (χ0v) is 8.52. The molecule has 1 radical (unpaired) electrons. The molecule has 0 amide bonds. The number of carbonyl (C=O) groups is 1. The summed E-state index contributed by atoms with van der Waals surface area (Å²) in [4.78, 5) is 14.8. The summed E-state index contributed by atoms with van der Waals surface area (Å²) in [7, 11) is 0. The normalized spacial score (nSPS) is 8.20. The molecule has 55 valence electrons. The summed E-state index contributed by atoms with van der Waals surface area (Å²) in [6.45, 7) is 2.70. The maximum Gasteiger partial charge on any atom is 0.324 e. The number of nitrogens with two attached hydrogens (primary N) is 1. The maximum atomic E-state index is 10.4. The van der Waals surface area contributed by atoms with E-state index in [1.165, 1.54) is 0 Å². The quantitative estimate of drug-likeness (QED) is 0.311. The molecular weight excluding hydrogens is 143 g/mol. The smallest absolute Gasteiger partial charge is 0.324 e. The molecule has 0 spiro atoms. The van der Waals surface area contributed by atoms with Gasteiger partial charge in [0.1, 0.15) is 0 Å². The Balaban J connectivity index is 0. The Morgan fingerprint density at radius 2 is 2.30 bits per heavy atom. The Kier molecular flexibility index (Phi) is 12.2. The number of carbonyl (C=O) groups excluding carboxylic acids is 1. The summed E-state index contributed by atoms with van der Waals surface area (Å²) < 4.78 is 0. The fraction of sp³-hybridized carbons (Fsp3) is 0.800. The van der Waals surface area contributed by atoms with E-state index < -0.39 is 0 Å². The van der Waals surface area contributed by atoms with Crippen LogP contribution in [0.3, 0.4) is 0 Å². The molecule has 0 fully saturated rings. The summed E-state index contributed by atoms with van der Waals surface area (Å²) in [6.07, 6.45) is 0.386. The fourth-order valence-corrected chi connectivity index (χ4v) is 0.263. The van der Waals surface area contributed by atoms with Crippen molar-refractivity contribution in [3.05, 3.63) is 0 Å². The average molecular weight is 155 g/mol. The van der Waals surface area contributed by atoms with Crippen molar-refractivity contribution in [2.75, 3.05) is 13.1 Å². The summed E-state index contributed by atoms with van der Waals surface area (Å²) in [5.74, 6) is -0.261. The van der Waals surface area contributed by atoms with Crippen LogP contribution >= 0.6 is 0 Å². The van der Waals surface area contributed by atoms with Gasteiger partial charge in [-0.3, -0.25) is 4.79 Å². The molecule has 0 aromatic rings. The van der Waals surface area contributed by atoms with Crippen LogP contribution in [0.25, 0.3) is 0 Å². The van der Waals surface area contributed by atoms with E-state index in [0.29, 0.717) is 19.5 Å². The second kappa shape index (κ2) is 9.39. The molecule has 3 N–H and O–H groups in total. The molecule has 0 bridgehead atoms. The summed E-state index contributed by atoms with van der Waals surface area (Å²) >= 11 is 0. The van der Waals surface area contributed by atoms with Gasteiger partial charge in [-0.25, -0.2) is 0 Å². The van der Waals surface area contributed by atoms with Crippen molar-refractivity contribution in [1.29, 1.82) is 0 Å². The second-order valence-corrected chi connectivity index (χ2v) is 1.51. The minimum absolute atomic E-state index is 0. The first kappa shape index (κ1) is 13.0. The van der Waals surface area contributed by atoms with Gasteiger partial charge in [-0.05, 0) is 0 Å². The molecule has 0 atom stereocenters. The predicted molar refractivity (Wildman–Crippen MR) is 39.2 cm³/mol. The third kappa shape index (κ3) is 8.39. The molecule has 0 saturated heterocycles. The van der Waals surface area contributed by atoms with Gasteiger partial charge in [0, 0.05) is 49.1 Å². The summed E-state index contributed by atoms with van der Waals surface area (Å²) in [6, 6.07) is 0. The van der Waals surface area contributed by atoms with Gasteiger partial charge in [0.05, 0.1) is 0 Å². The molecule has 0 aliphatic carbocycles. The summed E-state index contributed by atoms with van der Waals surface area (Å²) in [5, 5.41) is 0. The van der Waals surface area contributed by atoms with Crippen molar-refractivity contribution < 1.29 is 9.63 Å². The molecule has 0 aliphatic rings. The molecule has 4 nitrogen and oxygen atoms in total. The van der Waals surface area contributed by atoms with Gasteiger partial charge < -0.3 is 10.6 Å². The van der Waals surface area contributed by atoms with Gasteiger partial charge in [-0.2, -0.15) is 5.48 Å². The van der Waals surface area contributed by atoms with Crippen LogP contribution in [0.2, 0.25) is 0 Å². The van der Waals surface area contributed by atoms with Gasteiger partial charge in [-0.15, -0.1) is 0 Å². The maximum absolute atomic E-state index is 10.4. The number of hydrogen-bond donors (Lipinski definition) is 2. The molecule has 0 unspecified atom stereocenters. The van der Waals surface area contributed by atoms with Crippen LogP contribution in [0.15, 0.2) is 0 Å². The molecule has 0 heterocycles. The van der Waals surface area contributed by atoms with E-state index in [0.717, 1.165) is 0 Å². The van der Waals surface area contributed by atoms with Crippen molar-refractivity contribution in [3.8, 4) is 0 Å². The number of hydrogen-bond acceptors (Lipinski definition) is 4. The largest absolute Gasteiger partial charge is 0.371 e. The van der Waals surface area contributed by atoms with Crippen LogP contribution in [0.1, 0.15) is 13.3 Å². The van der Waals surface area contributed by atoms with Crippen LogP contribution in [0.5, 0.6) is 0 Å². The van der Waals surface area contributed by atoms with Crippen molar-refractivity contribution in [2.45, 2.75) is 13.3 Å². The van der Waals surface area contributed by atoms with Crippen molar-refractivity contribution >= 4 is 35.5 Å². The van der Waals surface area contributed by atoms with Crippen LogP contribution in [-0.2, 0) is 9.63 Å². The first-order chi connectivity index (χ1) is 4.31. The van der Waals surface area contributed by atoms with E-state index in [1.54, 1.807) is 6.92 Å². The van der Waals surface area contributed by atoms with Crippen LogP contribution < -0.4 is 11.2 Å². The molecule has 0 aromatic carbocycles. The molecule has 0 rings (SSSR count). The van der Waals surface area contributed by atoms with Crippen molar-refractivity contribution in [3.63, 3.8) is 0 Å². The second-order valence-electron chi connectivity index (χ2n) is 1.51. The van der Waals surface area contributed by atoms with Gasteiger partial charge in [0.2, 0.25) is 0 Å². The Labute approximate surface area is 82.7 Å². The zero-order valence-electron chi connectivity index (χ0n) is 6.52. The Bertz CT molecular complexity index is 89.7. The number of hydroxylamine groups is 1. The molecule has 0 aliphatic heterocycles. The van der Waals surface area contributed by atoms with Gasteiger partial charge in [-0.1, -0.05) is 6.92 Å². The molecular formula is C5H12N2NaO2. The van der Waals surface area contributed by atoms with E-state index in [1.807, 2.05) is 0 Å². The summed E-state index contributed by atoms with van der Waals surface area (Å²) in [5.41, 5.74) is 7.51. The SMILES string of the molecule is CCC(=O)ONCCN.[Na]. The van der Waals surface area contributed by atoms with E-state index in [2.05, 4.69) is 10.3 Å². The molecule has 5 heteroatoms. The first-order valence-electron chi connectivity index (χ1n) is 2.93. The van der Waals surface area contributed by atoms with E-state index >= 15 is 0 Å².